The number of benzene rings is 1. The van der Waals surface area contributed by atoms with Crippen LogP contribution >= 0.6 is 0 Å². The SMILES string of the molecule is CCNC(c1ccc(C2CCC2)cc1)C1CCC(CC)C1. The van der Waals surface area contributed by atoms with Gasteiger partial charge in [0.2, 0.25) is 0 Å². The van der Waals surface area contributed by atoms with Gasteiger partial charge in [-0.25, -0.2) is 0 Å². The molecule has 1 heteroatoms. The van der Waals surface area contributed by atoms with E-state index in [0.717, 1.165) is 24.3 Å². The largest absolute Gasteiger partial charge is 0.310 e. The lowest BCUT2D eigenvalue weighted by Gasteiger charge is -2.28. The van der Waals surface area contributed by atoms with Gasteiger partial charge in [0.15, 0.2) is 0 Å². The van der Waals surface area contributed by atoms with Crippen molar-refractivity contribution in [3.63, 3.8) is 0 Å². The summed E-state index contributed by atoms with van der Waals surface area (Å²) in [7, 11) is 0. The molecule has 2 aliphatic rings. The molecular weight excluding hydrogens is 254 g/mol. The molecule has 0 spiro atoms. The van der Waals surface area contributed by atoms with Crippen molar-refractivity contribution in [1.29, 1.82) is 0 Å². The lowest BCUT2D eigenvalue weighted by molar-refractivity contribution is 0.359. The predicted molar refractivity (Wildman–Crippen MR) is 90.6 cm³/mol. The minimum absolute atomic E-state index is 0.571. The smallest absolute Gasteiger partial charge is 0.0348 e. The molecule has 3 atom stereocenters. The van der Waals surface area contributed by atoms with Gasteiger partial charge < -0.3 is 5.32 Å². The Bertz CT molecular complexity index is 432. The van der Waals surface area contributed by atoms with E-state index in [2.05, 4.69) is 43.4 Å². The van der Waals surface area contributed by atoms with Crippen molar-refractivity contribution in [1.82, 2.24) is 5.32 Å². The van der Waals surface area contributed by atoms with Crippen LogP contribution in [-0.4, -0.2) is 6.54 Å². The first-order valence-electron chi connectivity index (χ1n) is 9.15. The normalized spacial score (nSPS) is 27.5. The van der Waals surface area contributed by atoms with Crippen LogP contribution in [0.1, 0.15) is 81.9 Å². The number of rotatable bonds is 6. The Morgan fingerprint density at radius 2 is 1.81 bits per heavy atom. The van der Waals surface area contributed by atoms with Crippen molar-refractivity contribution in [3.05, 3.63) is 35.4 Å². The van der Waals surface area contributed by atoms with E-state index in [0.29, 0.717) is 6.04 Å². The molecule has 3 unspecified atom stereocenters. The van der Waals surface area contributed by atoms with Gasteiger partial charge in [-0.1, -0.05) is 57.4 Å². The fraction of sp³-hybridized carbons (Fsp3) is 0.700. The third-order valence-electron chi connectivity index (χ3n) is 5.93. The summed E-state index contributed by atoms with van der Waals surface area (Å²) in [4.78, 5) is 0. The molecule has 0 aromatic heterocycles. The summed E-state index contributed by atoms with van der Waals surface area (Å²) < 4.78 is 0. The molecule has 0 saturated heterocycles. The summed E-state index contributed by atoms with van der Waals surface area (Å²) in [5.41, 5.74) is 3.08. The zero-order chi connectivity index (χ0) is 14.7. The first kappa shape index (κ1) is 15.1. The van der Waals surface area contributed by atoms with Gasteiger partial charge in [0.05, 0.1) is 0 Å². The lowest BCUT2D eigenvalue weighted by Crippen LogP contribution is -2.27. The summed E-state index contributed by atoms with van der Waals surface area (Å²) >= 11 is 0. The molecule has 21 heavy (non-hydrogen) atoms. The van der Waals surface area contributed by atoms with Crippen molar-refractivity contribution < 1.29 is 0 Å². The highest BCUT2D eigenvalue weighted by molar-refractivity contribution is 5.29. The van der Waals surface area contributed by atoms with Gasteiger partial charge in [0.25, 0.3) is 0 Å². The van der Waals surface area contributed by atoms with Gasteiger partial charge in [0, 0.05) is 6.04 Å². The summed E-state index contributed by atoms with van der Waals surface area (Å²) in [5, 5.41) is 3.76. The maximum absolute atomic E-state index is 3.76. The lowest BCUT2D eigenvalue weighted by atomic mass is 9.79. The Labute approximate surface area is 130 Å². The highest BCUT2D eigenvalue weighted by Crippen LogP contribution is 2.41. The van der Waals surface area contributed by atoms with Crippen molar-refractivity contribution in [2.24, 2.45) is 11.8 Å². The minimum atomic E-state index is 0.571. The Balaban J connectivity index is 1.70. The fourth-order valence-electron chi connectivity index (χ4n) is 4.28. The van der Waals surface area contributed by atoms with Gasteiger partial charge in [-0.15, -0.1) is 0 Å². The molecule has 1 N–H and O–H groups in total. The molecule has 0 aliphatic heterocycles. The van der Waals surface area contributed by atoms with E-state index in [1.807, 2.05) is 0 Å². The molecular formula is C20H31N. The zero-order valence-corrected chi connectivity index (χ0v) is 13.8. The highest BCUT2D eigenvalue weighted by atomic mass is 14.9. The second-order valence-electron chi connectivity index (χ2n) is 7.18. The second kappa shape index (κ2) is 6.96. The fourth-order valence-corrected chi connectivity index (χ4v) is 4.28. The Kier molecular flexibility index (Phi) is 5.00. The molecule has 2 fully saturated rings. The first-order valence-corrected chi connectivity index (χ1v) is 9.15. The first-order chi connectivity index (χ1) is 10.3. The average Bonchev–Trinajstić information content (AvgIpc) is 2.93. The Morgan fingerprint density at radius 3 is 2.33 bits per heavy atom. The van der Waals surface area contributed by atoms with Crippen molar-refractivity contribution in [2.45, 2.75) is 70.8 Å². The molecule has 3 rings (SSSR count). The number of hydrogen-bond donors (Lipinski definition) is 1. The molecule has 0 heterocycles. The standard InChI is InChI=1S/C20H31N/c1-3-15-8-9-19(14-15)20(21-4-2)18-12-10-17(11-13-18)16-6-5-7-16/h10-13,15-16,19-21H,3-9,14H2,1-2H3. The molecule has 0 radical (unpaired) electrons. The van der Waals surface area contributed by atoms with Crippen LogP contribution in [0.15, 0.2) is 24.3 Å². The quantitative estimate of drug-likeness (QED) is 0.734. The molecule has 116 valence electrons. The van der Waals surface area contributed by atoms with Crippen molar-refractivity contribution >= 4 is 0 Å². The summed E-state index contributed by atoms with van der Waals surface area (Å²) in [5.74, 6) is 2.66. The molecule has 2 saturated carbocycles. The van der Waals surface area contributed by atoms with Crippen LogP contribution < -0.4 is 5.32 Å². The van der Waals surface area contributed by atoms with Crippen LogP contribution in [0.25, 0.3) is 0 Å². The maximum atomic E-state index is 3.76. The average molecular weight is 285 g/mol. The van der Waals surface area contributed by atoms with Gasteiger partial charge in [0.1, 0.15) is 0 Å². The molecule has 0 amide bonds. The topological polar surface area (TPSA) is 12.0 Å². The predicted octanol–water partition coefficient (Wildman–Crippen LogP) is 5.43. The van der Waals surface area contributed by atoms with Gasteiger partial charge in [-0.2, -0.15) is 0 Å². The van der Waals surface area contributed by atoms with Crippen molar-refractivity contribution in [2.75, 3.05) is 6.54 Å². The van der Waals surface area contributed by atoms with Crippen LogP contribution in [0, 0.1) is 11.8 Å². The van der Waals surface area contributed by atoms with Crippen LogP contribution in [0.3, 0.4) is 0 Å². The van der Waals surface area contributed by atoms with E-state index in [1.165, 1.54) is 50.5 Å². The third-order valence-corrected chi connectivity index (χ3v) is 5.93. The molecule has 1 nitrogen and oxygen atoms in total. The maximum Gasteiger partial charge on any atom is 0.0348 e. The van der Waals surface area contributed by atoms with Crippen LogP contribution in [0.5, 0.6) is 0 Å². The monoisotopic (exact) mass is 285 g/mol. The van der Waals surface area contributed by atoms with Gasteiger partial charge in [-0.05, 0) is 61.1 Å². The van der Waals surface area contributed by atoms with E-state index in [9.17, 15) is 0 Å². The summed E-state index contributed by atoms with van der Waals surface area (Å²) in [6.07, 6.45) is 9.83. The second-order valence-corrected chi connectivity index (χ2v) is 7.18. The molecule has 1 aromatic carbocycles. The van der Waals surface area contributed by atoms with Crippen molar-refractivity contribution in [3.8, 4) is 0 Å². The van der Waals surface area contributed by atoms with Crippen LogP contribution in [0.2, 0.25) is 0 Å². The van der Waals surface area contributed by atoms with Crippen LogP contribution in [0.4, 0.5) is 0 Å². The van der Waals surface area contributed by atoms with E-state index in [1.54, 1.807) is 5.56 Å². The highest BCUT2D eigenvalue weighted by Gasteiger charge is 2.30. The van der Waals surface area contributed by atoms with E-state index >= 15 is 0 Å². The zero-order valence-electron chi connectivity index (χ0n) is 13.8. The molecule has 1 aromatic rings. The molecule has 0 bridgehead atoms. The number of hydrogen-bond acceptors (Lipinski definition) is 1. The Morgan fingerprint density at radius 1 is 1.05 bits per heavy atom. The Hall–Kier alpha value is -0.820. The van der Waals surface area contributed by atoms with Gasteiger partial charge in [-0.3, -0.25) is 0 Å². The summed E-state index contributed by atoms with van der Waals surface area (Å²) in [6, 6.07) is 10.2. The van der Waals surface area contributed by atoms with E-state index < -0.39 is 0 Å². The molecule has 2 aliphatic carbocycles. The number of nitrogens with one attached hydrogen (secondary N) is 1. The van der Waals surface area contributed by atoms with Gasteiger partial charge >= 0.3 is 0 Å². The van der Waals surface area contributed by atoms with E-state index in [-0.39, 0.29) is 0 Å². The summed E-state index contributed by atoms with van der Waals surface area (Å²) in [6.45, 7) is 5.66. The van der Waals surface area contributed by atoms with Crippen LogP contribution in [-0.2, 0) is 0 Å². The third kappa shape index (κ3) is 3.34. The van der Waals surface area contributed by atoms with E-state index in [4.69, 9.17) is 0 Å². The minimum Gasteiger partial charge on any atom is -0.310 e.